The molecule has 0 aliphatic heterocycles. The Hall–Kier alpha value is -3.26. The van der Waals surface area contributed by atoms with Crippen LogP contribution in [0, 0.1) is 0 Å². The van der Waals surface area contributed by atoms with E-state index in [1.807, 2.05) is 0 Å². The van der Waals surface area contributed by atoms with E-state index in [1.54, 1.807) is 31.2 Å². The SMILES string of the molecule is COc1cc(C(C)=NNC(=O)C(=O)Nc2cc(Cl)ccc2OC)ccc1O. The van der Waals surface area contributed by atoms with Crippen LogP contribution >= 0.6 is 11.6 Å². The van der Waals surface area contributed by atoms with Crippen LogP contribution in [0.5, 0.6) is 17.2 Å². The number of hydrogen-bond acceptors (Lipinski definition) is 6. The summed E-state index contributed by atoms with van der Waals surface area (Å²) < 4.78 is 10.1. The van der Waals surface area contributed by atoms with E-state index < -0.39 is 11.8 Å². The van der Waals surface area contributed by atoms with Crippen LogP contribution in [0.3, 0.4) is 0 Å². The third-order valence-electron chi connectivity index (χ3n) is 3.54. The maximum absolute atomic E-state index is 12.0. The standard InChI is InChI=1S/C18H18ClN3O5/c1-10(11-4-6-14(23)16(8-11)27-3)21-22-18(25)17(24)20-13-9-12(19)5-7-15(13)26-2/h4-9,23H,1-3H3,(H,20,24)(H,22,25). The van der Waals surface area contributed by atoms with E-state index in [0.29, 0.717) is 22.0 Å². The Kier molecular flexibility index (Phi) is 6.62. The molecule has 0 saturated carbocycles. The number of anilines is 1. The van der Waals surface area contributed by atoms with Crippen LogP contribution in [0.15, 0.2) is 41.5 Å². The summed E-state index contributed by atoms with van der Waals surface area (Å²) in [5.74, 6) is -1.30. The van der Waals surface area contributed by atoms with Crippen LogP contribution in [-0.4, -0.2) is 36.9 Å². The third kappa shape index (κ3) is 5.11. The van der Waals surface area contributed by atoms with Crippen molar-refractivity contribution in [3.63, 3.8) is 0 Å². The molecule has 0 aliphatic carbocycles. The number of ether oxygens (including phenoxy) is 2. The number of amides is 2. The minimum absolute atomic E-state index is 0.0204. The molecule has 27 heavy (non-hydrogen) atoms. The number of methoxy groups -OCH3 is 2. The summed E-state index contributed by atoms with van der Waals surface area (Å²) in [6.07, 6.45) is 0. The van der Waals surface area contributed by atoms with Crippen LogP contribution in [0.1, 0.15) is 12.5 Å². The molecule has 9 heteroatoms. The van der Waals surface area contributed by atoms with Gasteiger partial charge < -0.3 is 19.9 Å². The molecule has 2 aromatic rings. The molecule has 0 saturated heterocycles. The molecule has 2 aromatic carbocycles. The second-order valence-corrected chi connectivity index (χ2v) is 5.76. The average molecular weight is 392 g/mol. The number of rotatable bonds is 5. The molecule has 0 aromatic heterocycles. The number of phenols is 1. The monoisotopic (exact) mass is 391 g/mol. The van der Waals surface area contributed by atoms with Crippen LogP contribution in [0.25, 0.3) is 0 Å². The highest BCUT2D eigenvalue weighted by molar-refractivity contribution is 6.40. The normalized spacial score (nSPS) is 10.9. The van der Waals surface area contributed by atoms with Crippen LogP contribution in [0.4, 0.5) is 5.69 Å². The molecule has 8 nitrogen and oxygen atoms in total. The number of hydrazone groups is 1. The molecule has 0 unspecified atom stereocenters. The Labute approximate surface area is 160 Å². The summed E-state index contributed by atoms with van der Waals surface area (Å²) in [6.45, 7) is 1.63. The second-order valence-electron chi connectivity index (χ2n) is 5.32. The van der Waals surface area contributed by atoms with Crippen molar-refractivity contribution in [2.75, 3.05) is 19.5 Å². The van der Waals surface area contributed by atoms with Crippen molar-refractivity contribution in [1.29, 1.82) is 0 Å². The zero-order valence-electron chi connectivity index (χ0n) is 14.9. The van der Waals surface area contributed by atoms with E-state index in [1.165, 1.54) is 26.4 Å². The first-order valence-electron chi connectivity index (χ1n) is 7.72. The van der Waals surface area contributed by atoms with Gasteiger partial charge >= 0.3 is 11.8 Å². The van der Waals surface area contributed by atoms with Crippen molar-refractivity contribution in [2.45, 2.75) is 6.92 Å². The molecular formula is C18H18ClN3O5. The lowest BCUT2D eigenvalue weighted by Crippen LogP contribution is -2.33. The maximum atomic E-state index is 12.0. The van der Waals surface area contributed by atoms with Crippen LogP contribution in [0.2, 0.25) is 5.02 Å². The van der Waals surface area contributed by atoms with Crippen molar-refractivity contribution in [3.05, 3.63) is 47.0 Å². The number of phenolic OH excluding ortho intramolecular Hbond substituents is 1. The lowest BCUT2D eigenvalue weighted by molar-refractivity contribution is -0.136. The minimum atomic E-state index is -0.970. The first-order valence-corrected chi connectivity index (χ1v) is 8.10. The number of carbonyl (C=O) groups excluding carboxylic acids is 2. The summed E-state index contributed by atoms with van der Waals surface area (Å²) in [5.41, 5.74) is 3.43. The lowest BCUT2D eigenvalue weighted by Gasteiger charge is -2.10. The van der Waals surface area contributed by atoms with Gasteiger partial charge in [0.2, 0.25) is 0 Å². The summed E-state index contributed by atoms with van der Waals surface area (Å²) in [7, 11) is 2.85. The average Bonchev–Trinajstić information content (AvgIpc) is 2.66. The van der Waals surface area contributed by atoms with Gasteiger partial charge in [0, 0.05) is 10.6 Å². The minimum Gasteiger partial charge on any atom is -0.504 e. The molecule has 0 radical (unpaired) electrons. The highest BCUT2D eigenvalue weighted by atomic mass is 35.5. The van der Waals surface area contributed by atoms with Gasteiger partial charge in [0.05, 0.1) is 25.6 Å². The molecule has 2 amide bonds. The molecule has 0 bridgehead atoms. The van der Waals surface area contributed by atoms with Gasteiger partial charge in [-0.3, -0.25) is 9.59 Å². The summed E-state index contributed by atoms with van der Waals surface area (Å²) in [4.78, 5) is 24.0. The molecular weight excluding hydrogens is 374 g/mol. The molecule has 0 spiro atoms. The van der Waals surface area contributed by atoms with Crippen molar-refractivity contribution in [3.8, 4) is 17.2 Å². The number of benzene rings is 2. The molecule has 0 aliphatic rings. The van der Waals surface area contributed by atoms with E-state index >= 15 is 0 Å². The Morgan fingerprint density at radius 1 is 1.04 bits per heavy atom. The molecule has 0 fully saturated rings. The Balaban J connectivity index is 2.07. The molecule has 2 rings (SSSR count). The summed E-state index contributed by atoms with van der Waals surface area (Å²) >= 11 is 5.89. The fourth-order valence-corrected chi connectivity index (χ4v) is 2.28. The second kappa shape index (κ2) is 8.91. The maximum Gasteiger partial charge on any atom is 0.329 e. The third-order valence-corrected chi connectivity index (χ3v) is 3.77. The number of aromatic hydroxyl groups is 1. The quantitative estimate of drug-likeness (QED) is 0.412. The van der Waals surface area contributed by atoms with E-state index in [2.05, 4.69) is 15.8 Å². The predicted octanol–water partition coefficient (Wildman–Crippen LogP) is 2.54. The van der Waals surface area contributed by atoms with Gasteiger partial charge in [0.15, 0.2) is 11.5 Å². The molecule has 3 N–H and O–H groups in total. The van der Waals surface area contributed by atoms with Gasteiger partial charge in [0.25, 0.3) is 0 Å². The van der Waals surface area contributed by atoms with Crippen molar-refractivity contribution < 1.29 is 24.2 Å². The van der Waals surface area contributed by atoms with Gasteiger partial charge in [0.1, 0.15) is 5.75 Å². The van der Waals surface area contributed by atoms with Crippen molar-refractivity contribution in [2.24, 2.45) is 5.10 Å². The number of halogens is 1. The lowest BCUT2D eigenvalue weighted by atomic mass is 10.1. The van der Waals surface area contributed by atoms with E-state index in [-0.39, 0.29) is 17.2 Å². The van der Waals surface area contributed by atoms with Crippen LogP contribution in [-0.2, 0) is 9.59 Å². The Bertz CT molecular complexity index is 899. The van der Waals surface area contributed by atoms with E-state index in [0.717, 1.165) is 0 Å². The fourth-order valence-electron chi connectivity index (χ4n) is 2.11. The first-order chi connectivity index (χ1) is 12.8. The van der Waals surface area contributed by atoms with Crippen molar-refractivity contribution >= 4 is 34.8 Å². The van der Waals surface area contributed by atoms with Crippen molar-refractivity contribution in [1.82, 2.24) is 5.43 Å². The zero-order valence-corrected chi connectivity index (χ0v) is 15.6. The highest BCUT2D eigenvalue weighted by Crippen LogP contribution is 2.28. The van der Waals surface area contributed by atoms with Gasteiger partial charge in [-0.2, -0.15) is 5.10 Å². The zero-order chi connectivity index (χ0) is 20.0. The number of nitrogens with zero attached hydrogens (tertiary/aromatic N) is 1. The molecule has 0 heterocycles. The highest BCUT2D eigenvalue weighted by Gasteiger charge is 2.16. The summed E-state index contributed by atoms with van der Waals surface area (Å²) in [5, 5.41) is 16.3. The van der Waals surface area contributed by atoms with Gasteiger partial charge in [-0.1, -0.05) is 11.6 Å². The van der Waals surface area contributed by atoms with Crippen LogP contribution < -0.4 is 20.2 Å². The smallest absolute Gasteiger partial charge is 0.329 e. The molecule has 0 atom stereocenters. The van der Waals surface area contributed by atoms with E-state index in [9.17, 15) is 14.7 Å². The number of hydrogen-bond donors (Lipinski definition) is 3. The Morgan fingerprint density at radius 2 is 1.74 bits per heavy atom. The fraction of sp³-hybridized carbons (Fsp3) is 0.167. The van der Waals surface area contributed by atoms with Gasteiger partial charge in [-0.15, -0.1) is 0 Å². The topological polar surface area (TPSA) is 109 Å². The van der Waals surface area contributed by atoms with Gasteiger partial charge in [-0.25, -0.2) is 5.43 Å². The molecule has 142 valence electrons. The van der Waals surface area contributed by atoms with Gasteiger partial charge in [-0.05, 0) is 43.3 Å². The number of carbonyl (C=O) groups is 2. The predicted molar refractivity (Wildman–Crippen MR) is 102 cm³/mol. The Morgan fingerprint density at radius 3 is 2.41 bits per heavy atom. The summed E-state index contributed by atoms with van der Waals surface area (Å²) in [6, 6.07) is 9.21. The first kappa shape index (κ1) is 20.1. The largest absolute Gasteiger partial charge is 0.504 e. The van der Waals surface area contributed by atoms with E-state index in [4.69, 9.17) is 21.1 Å². The number of nitrogens with one attached hydrogen (secondary N) is 2.